The summed E-state index contributed by atoms with van der Waals surface area (Å²) in [5.74, 6) is -0.0726. The van der Waals surface area contributed by atoms with Gasteiger partial charge >= 0.3 is 0 Å². The van der Waals surface area contributed by atoms with E-state index in [0.29, 0.717) is 12.1 Å². The highest BCUT2D eigenvalue weighted by atomic mass is 32.1. The van der Waals surface area contributed by atoms with Crippen molar-refractivity contribution >= 4 is 17.2 Å². The van der Waals surface area contributed by atoms with Crippen molar-refractivity contribution < 1.29 is 9.90 Å². The van der Waals surface area contributed by atoms with Gasteiger partial charge in [-0.05, 0) is 37.3 Å². The summed E-state index contributed by atoms with van der Waals surface area (Å²) in [5.41, 5.74) is 0.471. The summed E-state index contributed by atoms with van der Waals surface area (Å²) in [6.45, 7) is 2.55. The van der Waals surface area contributed by atoms with Crippen molar-refractivity contribution in [2.45, 2.75) is 13.5 Å². The summed E-state index contributed by atoms with van der Waals surface area (Å²) in [4.78, 5) is 14.1. The highest BCUT2D eigenvalue weighted by Crippen LogP contribution is 2.15. The topological polar surface area (TPSA) is 49.3 Å². The first-order chi connectivity index (χ1) is 8.15. The van der Waals surface area contributed by atoms with E-state index in [-0.39, 0.29) is 11.7 Å². The third kappa shape index (κ3) is 3.07. The fourth-order valence-corrected chi connectivity index (χ4v) is 2.33. The third-order valence-corrected chi connectivity index (χ3v) is 3.33. The van der Waals surface area contributed by atoms with Crippen LogP contribution in [0.5, 0.6) is 5.75 Å². The molecule has 4 heteroatoms. The molecule has 0 aliphatic carbocycles. The minimum Gasteiger partial charge on any atom is -0.508 e. The molecule has 0 atom stereocenters. The quantitative estimate of drug-likeness (QED) is 0.876. The number of thiophene rings is 1. The maximum atomic E-state index is 11.8. The van der Waals surface area contributed by atoms with Crippen molar-refractivity contribution in [1.82, 2.24) is 5.32 Å². The molecule has 0 aliphatic rings. The molecule has 1 amide bonds. The van der Waals surface area contributed by atoms with Crippen LogP contribution in [0, 0.1) is 6.92 Å². The smallest absolute Gasteiger partial charge is 0.251 e. The van der Waals surface area contributed by atoms with Crippen LogP contribution in [0.1, 0.15) is 20.1 Å². The minimum absolute atomic E-state index is 0.101. The summed E-state index contributed by atoms with van der Waals surface area (Å²) >= 11 is 1.66. The Bertz CT molecular complexity index is 534. The molecular formula is C13H13NO2S. The summed E-state index contributed by atoms with van der Waals surface area (Å²) < 4.78 is 0. The van der Waals surface area contributed by atoms with Gasteiger partial charge in [0.05, 0.1) is 6.54 Å². The number of phenols is 1. The van der Waals surface area contributed by atoms with Crippen molar-refractivity contribution in [3.8, 4) is 5.75 Å². The average molecular weight is 247 g/mol. The lowest BCUT2D eigenvalue weighted by Gasteiger charge is -2.03. The number of benzene rings is 1. The highest BCUT2D eigenvalue weighted by Gasteiger charge is 2.06. The maximum Gasteiger partial charge on any atom is 0.251 e. The summed E-state index contributed by atoms with van der Waals surface area (Å²) in [6, 6.07) is 10.4. The van der Waals surface area contributed by atoms with E-state index in [9.17, 15) is 9.90 Å². The largest absolute Gasteiger partial charge is 0.508 e. The van der Waals surface area contributed by atoms with Crippen LogP contribution < -0.4 is 5.32 Å². The monoisotopic (exact) mass is 247 g/mol. The number of carbonyl (C=O) groups is 1. The first kappa shape index (κ1) is 11.7. The van der Waals surface area contributed by atoms with Gasteiger partial charge in [0.2, 0.25) is 0 Å². The average Bonchev–Trinajstić information content (AvgIpc) is 2.72. The molecule has 0 fully saturated rings. The minimum atomic E-state index is -0.174. The lowest BCUT2D eigenvalue weighted by Crippen LogP contribution is -2.22. The first-order valence-corrected chi connectivity index (χ1v) is 6.09. The van der Waals surface area contributed by atoms with Gasteiger partial charge in [-0.15, -0.1) is 11.3 Å². The molecule has 1 aromatic carbocycles. The van der Waals surface area contributed by atoms with Crippen LogP contribution in [-0.4, -0.2) is 11.0 Å². The molecule has 0 unspecified atom stereocenters. The molecule has 0 bridgehead atoms. The zero-order valence-corrected chi connectivity index (χ0v) is 10.3. The molecule has 0 aliphatic heterocycles. The Labute approximate surface area is 104 Å². The number of phenolic OH excluding ortho intramolecular Hbond substituents is 1. The van der Waals surface area contributed by atoms with Crippen LogP contribution >= 0.6 is 11.3 Å². The number of hydrogen-bond acceptors (Lipinski definition) is 3. The van der Waals surface area contributed by atoms with Crippen LogP contribution in [-0.2, 0) is 6.54 Å². The second-order valence-corrected chi connectivity index (χ2v) is 5.12. The molecule has 0 saturated heterocycles. The molecule has 1 aromatic heterocycles. The van der Waals surface area contributed by atoms with Crippen molar-refractivity contribution in [1.29, 1.82) is 0 Å². The second-order valence-electron chi connectivity index (χ2n) is 3.75. The van der Waals surface area contributed by atoms with Crippen LogP contribution in [0.2, 0.25) is 0 Å². The van der Waals surface area contributed by atoms with Gasteiger partial charge in [0, 0.05) is 15.3 Å². The highest BCUT2D eigenvalue weighted by molar-refractivity contribution is 7.11. The van der Waals surface area contributed by atoms with Gasteiger partial charge in [0.15, 0.2) is 0 Å². The van der Waals surface area contributed by atoms with Gasteiger partial charge in [-0.3, -0.25) is 4.79 Å². The van der Waals surface area contributed by atoms with E-state index in [2.05, 4.69) is 5.32 Å². The fourth-order valence-electron chi connectivity index (χ4n) is 1.50. The zero-order valence-electron chi connectivity index (χ0n) is 9.43. The molecule has 3 nitrogen and oxygen atoms in total. The van der Waals surface area contributed by atoms with Crippen molar-refractivity contribution in [3.63, 3.8) is 0 Å². The Morgan fingerprint density at radius 1 is 1.35 bits per heavy atom. The molecule has 17 heavy (non-hydrogen) atoms. The first-order valence-electron chi connectivity index (χ1n) is 5.28. The van der Waals surface area contributed by atoms with Gasteiger partial charge in [0.1, 0.15) is 5.75 Å². The van der Waals surface area contributed by atoms with Crippen LogP contribution in [0.4, 0.5) is 0 Å². The molecule has 2 N–H and O–H groups in total. The number of aryl methyl sites for hydroxylation is 1. The fraction of sp³-hybridized carbons (Fsp3) is 0.154. The number of nitrogens with one attached hydrogen (secondary N) is 1. The number of carbonyl (C=O) groups excluding carboxylic acids is 1. The van der Waals surface area contributed by atoms with Crippen LogP contribution in [0.15, 0.2) is 36.4 Å². The number of aromatic hydroxyl groups is 1. The number of rotatable bonds is 3. The molecule has 0 saturated carbocycles. The van der Waals surface area contributed by atoms with Crippen molar-refractivity contribution in [2.24, 2.45) is 0 Å². The Kier molecular flexibility index (Phi) is 3.44. The molecular weight excluding hydrogens is 234 g/mol. The van der Waals surface area contributed by atoms with Crippen LogP contribution in [0.3, 0.4) is 0 Å². The molecule has 88 valence electrons. The van der Waals surface area contributed by atoms with E-state index < -0.39 is 0 Å². The summed E-state index contributed by atoms with van der Waals surface area (Å²) in [5, 5.41) is 12.1. The second kappa shape index (κ2) is 5.01. The van der Waals surface area contributed by atoms with E-state index in [0.717, 1.165) is 4.88 Å². The number of hydrogen-bond donors (Lipinski definition) is 2. The third-order valence-electron chi connectivity index (χ3n) is 2.33. The predicted octanol–water partition coefficient (Wildman–Crippen LogP) is 2.69. The van der Waals surface area contributed by atoms with Crippen molar-refractivity contribution in [2.75, 3.05) is 0 Å². The van der Waals surface area contributed by atoms with Gasteiger partial charge in [-0.25, -0.2) is 0 Å². The lowest BCUT2D eigenvalue weighted by atomic mass is 10.2. The summed E-state index contributed by atoms with van der Waals surface area (Å²) in [6.07, 6.45) is 0. The maximum absolute atomic E-state index is 11.8. The van der Waals surface area contributed by atoms with E-state index in [4.69, 9.17) is 0 Å². The molecule has 2 rings (SSSR count). The van der Waals surface area contributed by atoms with E-state index in [1.807, 2.05) is 19.1 Å². The Balaban J connectivity index is 1.98. The van der Waals surface area contributed by atoms with E-state index in [1.165, 1.54) is 10.9 Å². The summed E-state index contributed by atoms with van der Waals surface area (Å²) in [7, 11) is 0. The van der Waals surface area contributed by atoms with Gasteiger partial charge < -0.3 is 10.4 Å². The Hall–Kier alpha value is -1.81. The van der Waals surface area contributed by atoms with Gasteiger partial charge in [-0.1, -0.05) is 6.07 Å². The van der Waals surface area contributed by atoms with Gasteiger partial charge in [0.25, 0.3) is 5.91 Å². The molecule has 2 aromatic rings. The van der Waals surface area contributed by atoms with E-state index >= 15 is 0 Å². The van der Waals surface area contributed by atoms with Crippen LogP contribution in [0.25, 0.3) is 0 Å². The Morgan fingerprint density at radius 3 is 2.82 bits per heavy atom. The number of amides is 1. The molecule has 0 radical (unpaired) electrons. The van der Waals surface area contributed by atoms with E-state index in [1.54, 1.807) is 29.5 Å². The lowest BCUT2D eigenvalue weighted by molar-refractivity contribution is 0.0951. The predicted molar refractivity (Wildman–Crippen MR) is 68.3 cm³/mol. The Morgan fingerprint density at radius 2 is 2.18 bits per heavy atom. The zero-order chi connectivity index (χ0) is 12.3. The standard InChI is InChI=1S/C13H13NO2S/c1-9-5-6-12(17-9)8-14-13(16)10-3-2-4-11(15)7-10/h2-7,15H,8H2,1H3,(H,14,16). The SMILES string of the molecule is Cc1ccc(CNC(=O)c2cccc(O)c2)s1. The van der Waals surface area contributed by atoms with Gasteiger partial charge in [-0.2, -0.15) is 0 Å². The van der Waals surface area contributed by atoms with Crippen molar-refractivity contribution in [3.05, 3.63) is 51.7 Å². The normalized spacial score (nSPS) is 10.2. The molecule has 0 spiro atoms. The molecule has 1 heterocycles.